The molecule has 0 saturated heterocycles. The molecule has 2 rings (SSSR count). The van der Waals surface area contributed by atoms with Gasteiger partial charge in [0.05, 0.1) is 0 Å². The number of hydrogen-bond acceptors (Lipinski definition) is 4. The molecule has 0 saturated carbocycles. The molecule has 0 atom stereocenters. The summed E-state index contributed by atoms with van der Waals surface area (Å²) in [5.41, 5.74) is 0.935. The number of sulfonamides is 1. The van der Waals surface area contributed by atoms with E-state index in [9.17, 15) is 22.4 Å². The number of halogens is 1. The van der Waals surface area contributed by atoms with Crippen LogP contribution in [-0.2, 0) is 10.0 Å². The fourth-order valence-electron chi connectivity index (χ4n) is 3.14. The van der Waals surface area contributed by atoms with Crippen LogP contribution in [0.1, 0.15) is 48.4 Å². The lowest BCUT2D eigenvalue weighted by Crippen LogP contribution is -2.31. The van der Waals surface area contributed by atoms with Crippen molar-refractivity contribution in [3.8, 4) is 0 Å². The van der Waals surface area contributed by atoms with E-state index in [1.165, 1.54) is 6.07 Å². The summed E-state index contributed by atoms with van der Waals surface area (Å²) in [6.07, 6.45) is 0. The van der Waals surface area contributed by atoms with Gasteiger partial charge in [0.25, 0.3) is 11.8 Å². The molecule has 0 radical (unpaired) electrons. The molecule has 0 spiro atoms. The van der Waals surface area contributed by atoms with E-state index in [2.05, 4.69) is 5.32 Å². The second kappa shape index (κ2) is 10.5. The molecule has 0 unspecified atom stereocenters. The van der Waals surface area contributed by atoms with Crippen LogP contribution in [0, 0.1) is 5.82 Å². The minimum Gasteiger partial charge on any atom is -0.339 e. The second-order valence-electron chi connectivity index (χ2n) is 6.74. The van der Waals surface area contributed by atoms with Gasteiger partial charge in [-0.1, -0.05) is 13.8 Å². The Balaban J connectivity index is 2.24. The summed E-state index contributed by atoms with van der Waals surface area (Å²) in [6, 6.07) is 9.63. The Kier molecular flexibility index (Phi) is 8.29. The van der Waals surface area contributed by atoms with Crippen LogP contribution < -0.4 is 5.32 Å². The van der Waals surface area contributed by atoms with Crippen molar-refractivity contribution in [2.75, 3.05) is 31.5 Å². The van der Waals surface area contributed by atoms with Crippen molar-refractivity contribution in [3.63, 3.8) is 0 Å². The SMILES string of the molecule is CCN(CC)C(=O)c1ccc(NC(=O)c2ccc(F)c(S(=O)(=O)N(CC)CC)c2)cc1. The Morgan fingerprint density at radius 2 is 1.42 bits per heavy atom. The molecule has 9 heteroatoms. The number of amides is 2. The van der Waals surface area contributed by atoms with Gasteiger partial charge in [0.1, 0.15) is 10.7 Å². The first kappa shape index (κ1) is 24.5. The molecule has 0 bridgehead atoms. The number of nitrogens with one attached hydrogen (secondary N) is 1. The molecule has 7 nitrogen and oxygen atoms in total. The molecule has 31 heavy (non-hydrogen) atoms. The van der Waals surface area contributed by atoms with Crippen LogP contribution in [0.15, 0.2) is 47.4 Å². The standard InChI is InChI=1S/C22H28FN3O4S/c1-5-25(6-2)22(28)16-9-12-18(13-10-16)24-21(27)17-11-14-19(23)20(15-17)31(29,30)26(7-3)8-4/h9-15H,5-8H2,1-4H3,(H,24,27). The highest BCUT2D eigenvalue weighted by Gasteiger charge is 2.26. The van der Waals surface area contributed by atoms with Crippen molar-refractivity contribution >= 4 is 27.5 Å². The van der Waals surface area contributed by atoms with Gasteiger partial charge < -0.3 is 10.2 Å². The maximum Gasteiger partial charge on any atom is 0.255 e. The zero-order chi connectivity index (χ0) is 23.2. The van der Waals surface area contributed by atoms with Crippen LogP contribution in [0.3, 0.4) is 0 Å². The van der Waals surface area contributed by atoms with Gasteiger partial charge in [0.15, 0.2) is 0 Å². The summed E-state index contributed by atoms with van der Waals surface area (Å²) in [5, 5.41) is 2.64. The largest absolute Gasteiger partial charge is 0.339 e. The lowest BCUT2D eigenvalue weighted by Gasteiger charge is -2.19. The van der Waals surface area contributed by atoms with E-state index in [1.807, 2.05) is 13.8 Å². The van der Waals surface area contributed by atoms with Crippen LogP contribution >= 0.6 is 0 Å². The molecular formula is C22H28FN3O4S. The van der Waals surface area contributed by atoms with Crippen LogP contribution in [0.2, 0.25) is 0 Å². The molecule has 0 heterocycles. The van der Waals surface area contributed by atoms with E-state index in [0.29, 0.717) is 24.3 Å². The zero-order valence-corrected chi connectivity index (χ0v) is 19.0. The Morgan fingerprint density at radius 1 is 0.871 bits per heavy atom. The number of anilines is 1. The topological polar surface area (TPSA) is 86.8 Å². The minimum absolute atomic E-state index is 0.00965. The monoisotopic (exact) mass is 449 g/mol. The first-order valence-electron chi connectivity index (χ1n) is 10.2. The first-order chi connectivity index (χ1) is 14.7. The molecule has 0 fully saturated rings. The normalized spacial score (nSPS) is 11.4. The summed E-state index contributed by atoms with van der Waals surface area (Å²) < 4.78 is 40.7. The lowest BCUT2D eigenvalue weighted by atomic mass is 10.1. The van der Waals surface area contributed by atoms with Gasteiger partial charge >= 0.3 is 0 Å². The number of benzene rings is 2. The zero-order valence-electron chi connectivity index (χ0n) is 18.2. The van der Waals surface area contributed by atoms with Crippen molar-refractivity contribution in [1.29, 1.82) is 0 Å². The maximum absolute atomic E-state index is 14.3. The van der Waals surface area contributed by atoms with Crippen LogP contribution in [0.25, 0.3) is 0 Å². The highest BCUT2D eigenvalue weighted by atomic mass is 32.2. The fraction of sp³-hybridized carbons (Fsp3) is 0.364. The summed E-state index contributed by atoms with van der Waals surface area (Å²) in [7, 11) is -4.05. The van der Waals surface area contributed by atoms with Crippen LogP contribution in [0.5, 0.6) is 0 Å². The van der Waals surface area contributed by atoms with Crippen molar-refractivity contribution < 1.29 is 22.4 Å². The van der Waals surface area contributed by atoms with E-state index >= 15 is 0 Å². The third kappa shape index (κ3) is 5.48. The number of carbonyl (C=O) groups excluding carboxylic acids is 2. The fourth-order valence-corrected chi connectivity index (χ4v) is 4.69. The quantitative estimate of drug-likeness (QED) is 0.634. The third-order valence-electron chi connectivity index (χ3n) is 4.96. The predicted octanol–water partition coefficient (Wildman–Crippen LogP) is 3.59. The molecule has 0 aliphatic carbocycles. The first-order valence-corrected chi connectivity index (χ1v) is 11.6. The number of carbonyl (C=O) groups is 2. The molecule has 2 amide bonds. The van der Waals surface area contributed by atoms with Gasteiger partial charge in [-0.25, -0.2) is 12.8 Å². The van der Waals surface area contributed by atoms with Crippen molar-refractivity contribution in [2.24, 2.45) is 0 Å². The highest BCUT2D eigenvalue weighted by Crippen LogP contribution is 2.22. The molecule has 0 aliphatic heterocycles. The molecular weight excluding hydrogens is 421 g/mol. The summed E-state index contributed by atoms with van der Waals surface area (Å²) in [6.45, 7) is 8.67. The third-order valence-corrected chi connectivity index (χ3v) is 7.02. The molecule has 168 valence electrons. The van der Waals surface area contributed by atoms with Gasteiger partial charge in [-0.3, -0.25) is 9.59 Å². The predicted molar refractivity (Wildman–Crippen MR) is 118 cm³/mol. The molecule has 2 aromatic carbocycles. The smallest absolute Gasteiger partial charge is 0.255 e. The van der Waals surface area contributed by atoms with Gasteiger partial charge in [-0.05, 0) is 56.3 Å². The van der Waals surface area contributed by atoms with E-state index in [1.54, 1.807) is 43.0 Å². The van der Waals surface area contributed by atoms with Crippen molar-refractivity contribution in [2.45, 2.75) is 32.6 Å². The van der Waals surface area contributed by atoms with E-state index < -0.39 is 26.6 Å². The van der Waals surface area contributed by atoms with Gasteiger partial charge in [0.2, 0.25) is 10.0 Å². The number of hydrogen-bond donors (Lipinski definition) is 1. The van der Waals surface area contributed by atoms with Gasteiger partial charge in [-0.2, -0.15) is 4.31 Å². The Bertz CT molecular complexity index is 1030. The molecule has 1 N–H and O–H groups in total. The Hall–Kier alpha value is -2.78. The summed E-state index contributed by atoms with van der Waals surface area (Å²) in [5.74, 6) is -1.60. The Morgan fingerprint density at radius 3 is 1.94 bits per heavy atom. The summed E-state index contributed by atoms with van der Waals surface area (Å²) >= 11 is 0. The average Bonchev–Trinajstić information content (AvgIpc) is 2.75. The van der Waals surface area contributed by atoms with Gasteiger partial charge in [0, 0.05) is 43.0 Å². The van der Waals surface area contributed by atoms with Crippen LogP contribution in [-0.4, -0.2) is 55.6 Å². The van der Waals surface area contributed by atoms with Crippen LogP contribution in [0.4, 0.5) is 10.1 Å². The molecule has 0 aliphatic rings. The summed E-state index contributed by atoms with van der Waals surface area (Å²) in [4.78, 5) is 26.1. The van der Waals surface area contributed by atoms with Crippen molar-refractivity contribution in [3.05, 3.63) is 59.4 Å². The van der Waals surface area contributed by atoms with E-state index in [0.717, 1.165) is 16.4 Å². The number of nitrogens with zero attached hydrogens (tertiary/aromatic N) is 2. The van der Waals surface area contributed by atoms with E-state index in [4.69, 9.17) is 0 Å². The van der Waals surface area contributed by atoms with E-state index in [-0.39, 0.29) is 24.6 Å². The molecule has 0 aromatic heterocycles. The highest BCUT2D eigenvalue weighted by molar-refractivity contribution is 7.89. The van der Waals surface area contributed by atoms with Gasteiger partial charge in [-0.15, -0.1) is 0 Å². The average molecular weight is 450 g/mol. The number of rotatable bonds is 9. The van der Waals surface area contributed by atoms with Crippen molar-refractivity contribution in [1.82, 2.24) is 9.21 Å². The maximum atomic E-state index is 14.3. The Labute approximate surface area is 182 Å². The minimum atomic E-state index is -4.05. The second-order valence-corrected chi connectivity index (χ2v) is 8.65. The molecule has 2 aromatic rings. The lowest BCUT2D eigenvalue weighted by molar-refractivity contribution is 0.0773.